The van der Waals surface area contributed by atoms with Crippen LogP contribution in [0.15, 0.2) is 12.1 Å². The Morgan fingerprint density at radius 2 is 1.89 bits per heavy atom. The molecule has 4 nitrogen and oxygen atoms in total. The van der Waals surface area contributed by atoms with Gasteiger partial charge >= 0.3 is 0 Å². The molecule has 0 saturated heterocycles. The number of nitrogens with zero attached hydrogens (tertiary/aromatic N) is 3. The quantitative estimate of drug-likeness (QED) is 0.777. The van der Waals surface area contributed by atoms with Gasteiger partial charge in [-0.2, -0.15) is 0 Å². The van der Waals surface area contributed by atoms with Crippen LogP contribution in [0.3, 0.4) is 0 Å². The van der Waals surface area contributed by atoms with Crippen LogP contribution in [0.2, 0.25) is 0 Å². The van der Waals surface area contributed by atoms with Gasteiger partial charge in [-0.15, -0.1) is 0 Å². The van der Waals surface area contributed by atoms with Gasteiger partial charge in [-0.05, 0) is 46.1 Å². The molecule has 0 radical (unpaired) electrons. The lowest BCUT2D eigenvalue weighted by Crippen LogP contribution is -2.33. The lowest BCUT2D eigenvalue weighted by molar-refractivity contribution is 0.412. The topological polar surface area (TPSA) is 31.4 Å². The summed E-state index contributed by atoms with van der Waals surface area (Å²) in [7, 11) is 6.19. The normalized spacial score (nSPS) is 11.1. The van der Waals surface area contributed by atoms with Crippen LogP contribution in [0.25, 0.3) is 0 Å². The lowest BCUT2D eigenvalue weighted by Gasteiger charge is -2.25. The minimum absolute atomic E-state index is 0.880. The second-order valence-corrected chi connectivity index (χ2v) is 5.23. The van der Waals surface area contributed by atoms with Gasteiger partial charge in [-0.25, -0.2) is 4.98 Å². The molecule has 0 spiro atoms. The fourth-order valence-corrected chi connectivity index (χ4v) is 2.06. The minimum Gasteiger partial charge on any atom is -0.355 e. The van der Waals surface area contributed by atoms with Crippen LogP contribution in [0, 0.1) is 6.92 Å². The van der Waals surface area contributed by atoms with E-state index in [1.165, 1.54) is 5.56 Å². The van der Waals surface area contributed by atoms with E-state index in [-0.39, 0.29) is 0 Å². The maximum absolute atomic E-state index is 4.76. The van der Waals surface area contributed by atoms with Crippen molar-refractivity contribution in [2.24, 2.45) is 0 Å². The highest BCUT2D eigenvalue weighted by atomic mass is 15.2. The van der Waals surface area contributed by atoms with Gasteiger partial charge in [0.1, 0.15) is 5.82 Å². The predicted octanol–water partition coefficient (Wildman–Crippen LogP) is 1.89. The zero-order valence-electron chi connectivity index (χ0n) is 13.0. The Bertz CT molecular complexity index is 376. The first kappa shape index (κ1) is 15.9. The summed E-state index contributed by atoms with van der Waals surface area (Å²) in [6, 6.07) is 4.33. The summed E-state index contributed by atoms with van der Waals surface area (Å²) in [6.07, 6.45) is 1.15. The lowest BCUT2D eigenvalue weighted by atomic mass is 10.2. The molecular formula is C15H28N4. The van der Waals surface area contributed by atoms with Gasteiger partial charge in [0.2, 0.25) is 0 Å². The Morgan fingerprint density at radius 3 is 2.42 bits per heavy atom. The number of aromatic nitrogens is 1. The average molecular weight is 264 g/mol. The van der Waals surface area contributed by atoms with E-state index in [0.29, 0.717) is 0 Å². The monoisotopic (exact) mass is 264 g/mol. The molecule has 0 atom stereocenters. The van der Waals surface area contributed by atoms with Gasteiger partial charge < -0.3 is 15.1 Å². The first-order valence-electron chi connectivity index (χ1n) is 7.09. The van der Waals surface area contributed by atoms with Gasteiger partial charge in [0, 0.05) is 31.9 Å². The van der Waals surface area contributed by atoms with E-state index in [1.807, 2.05) is 7.05 Å². The number of likely N-dealkylation sites (N-methyl/N-ethyl adjacent to an activating group) is 1. The zero-order valence-corrected chi connectivity index (χ0v) is 13.0. The molecule has 1 N–H and O–H groups in total. The number of aryl methyl sites for hydroxylation is 1. The Hall–Kier alpha value is -1.13. The third-order valence-electron chi connectivity index (χ3n) is 3.18. The highest BCUT2D eigenvalue weighted by molar-refractivity contribution is 5.41. The average Bonchev–Trinajstić information content (AvgIpc) is 2.37. The summed E-state index contributed by atoms with van der Waals surface area (Å²) in [4.78, 5) is 9.34. The molecule has 0 bridgehead atoms. The first-order chi connectivity index (χ1) is 9.08. The van der Waals surface area contributed by atoms with E-state index in [2.05, 4.69) is 55.2 Å². The van der Waals surface area contributed by atoms with Crippen LogP contribution in [0.5, 0.6) is 0 Å². The van der Waals surface area contributed by atoms with Crippen LogP contribution in [0.4, 0.5) is 5.82 Å². The van der Waals surface area contributed by atoms with E-state index in [4.69, 9.17) is 4.98 Å². The van der Waals surface area contributed by atoms with Crippen LogP contribution in [0.1, 0.15) is 24.6 Å². The van der Waals surface area contributed by atoms with E-state index >= 15 is 0 Å². The number of anilines is 1. The van der Waals surface area contributed by atoms with Crippen molar-refractivity contribution in [3.8, 4) is 0 Å². The van der Waals surface area contributed by atoms with Gasteiger partial charge in [0.05, 0.1) is 0 Å². The number of nitrogens with one attached hydrogen (secondary N) is 1. The molecule has 0 fully saturated rings. The largest absolute Gasteiger partial charge is 0.355 e. The summed E-state index contributed by atoms with van der Waals surface area (Å²) in [5.41, 5.74) is 2.40. The summed E-state index contributed by atoms with van der Waals surface area (Å²) >= 11 is 0. The third-order valence-corrected chi connectivity index (χ3v) is 3.18. The van der Waals surface area contributed by atoms with Crippen molar-refractivity contribution in [2.75, 3.05) is 45.7 Å². The van der Waals surface area contributed by atoms with Crippen molar-refractivity contribution in [1.82, 2.24) is 15.2 Å². The van der Waals surface area contributed by atoms with Crippen LogP contribution in [-0.4, -0.2) is 50.7 Å². The minimum atomic E-state index is 0.880. The van der Waals surface area contributed by atoms with Crippen molar-refractivity contribution < 1.29 is 0 Å². The van der Waals surface area contributed by atoms with Gasteiger partial charge in [-0.1, -0.05) is 13.0 Å². The summed E-state index contributed by atoms with van der Waals surface area (Å²) in [5, 5.41) is 3.18. The van der Waals surface area contributed by atoms with Crippen molar-refractivity contribution >= 4 is 5.82 Å². The summed E-state index contributed by atoms with van der Waals surface area (Å²) in [5.74, 6) is 1.10. The SMILES string of the molecule is CCCN(CCN(C)C)c1ccc(CNC)c(C)n1. The van der Waals surface area contributed by atoms with E-state index in [1.54, 1.807) is 0 Å². The highest BCUT2D eigenvalue weighted by Gasteiger charge is 2.09. The number of rotatable bonds is 8. The number of pyridine rings is 1. The molecule has 0 saturated carbocycles. The summed E-state index contributed by atoms with van der Waals surface area (Å²) in [6.45, 7) is 8.32. The molecule has 0 aliphatic heterocycles. The van der Waals surface area contributed by atoms with Crippen LogP contribution >= 0.6 is 0 Å². The second-order valence-electron chi connectivity index (χ2n) is 5.23. The molecule has 1 heterocycles. The predicted molar refractivity (Wildman–Crippen MR) is 82.8 cm³/mol. The van der Waals surface area contributed by atoms with Crippen LogP contribution in [-0.2, 0) is 6.54 Å². The van der Waals surface area contributed by atoms with Crippen LogP contribution < -0.4 is 10.2 Å². The smallest absolute Gasteiger partial charge is 0.128 e. The molecule has 0 unspecified atom stereocenters. The number of hydrogen-bond donors (Lipinski definition) is 1. The Kier molecular flexibility index (Phi) is 6.81. The standard InChI is InChI=1S/C15H28N4/c1-6-9-19(11-10-18(4)5)15-8-7-14(12-16-3)13(2)17-15/h7-8,16H,6,9-12H2,1-5H3. The van der Waals surface area contributed by atoms with E-state index in [9.17, 15) is 0 Å². The zero-order chi connectivity index (χ0) is 14.3. The number of hydrogen-bond acceptors (Lipinski definition) is 4. The van der Waals surface area contributed by atoms with Crippen molar-refractivity contribution in [3.05, 3.63) is 23.4 Å². The highest BCUT2D eigenvalue weighted by Crippen LogP contribution is 2.15. The van der Waals surface area contributed by atoms with Crippen molar-refractivity contribution in [3.63, 3.8) is 0 Å². The van der Waals surface area contributed by atoms with E-state index in [0.717, 1.165) is 44.1 Å². The molecule has 1 aromatic heterocycles. The first-order valence-corrected chi connectivity index (χ1v) is 7.09. The fraction of sp³-hybridized carbons (Fsp3) is 0.667. The second kappa shape index (κ2) is 8.12. The molecule has 4 heteroatoms. The summed E-state index contributed by atoms with van der Waals surface area (Å²) < 4.78 is 0. The molecular weight excluding hydrogens is 236 g/mol. The third kappa shape index (κ3) is 5.17. The Labute approximate surface area is 117 Å². The van der Waals surface area contributed by atoms with Gasteiger partial charge in [0.25, 0.3) is 0 Å². The molecule has 0 aromatic carbocycles. The van der Waals surface area contributed by atoms with E-state index < -0.39 is 0 Å². The Morgan fingerprint density at radius 1 is 1.16 bits per heavy atom. The maximum Gasteiger partial charge on any atom is 0.128 e. The fourth-order valence-electron chi connectivity index (χ4n) is 2.06. The Balaban J connectivity index is 2.80. The van der Waals surface area contributed by atoms with Crippen molar-refractivity contribution in [2.45, 2.75) is 26.8 Å². The molecule has 0 amide bonds. The molecule has 1 aromatic rings. The maximum atomic E-state index is 4.76. The van der Waals surface area contributed by atoms with Gasteiger partial charge in [0.15, 0.2) is 0 Å². The molecule has 0 aliphatic rings. The van der Waals surface area contributed by atoms with Crippen molar-refractivity contribution in [1.29, 1.82) is 0 Å². The molecule has 0 aliphatic carbocycles. The van der Waals surface area contributed by atoms with Gasteiger partial charge in [-0.3, -0.25) is 0 Å². The molecule has 1 rings (SSSR count). The molecule has 108 valence electrons. The molecule has 19 heavy (non-hydrogen) atoms.